The van der Waals surface area contributed by atoms with Gasteiger partial charge in [-0.1, -0.05) is 37.3 Å². The molecule has 0 fully saturated rings. The van der Waals surface area contributed by atoms with Crippen LogP contribution in [0.1, 0.15) is 12.5 Å². The first kappa shape index (κ1) is 14.6. The maximum absolute atomic E-state index is 11.8. The van der Waals surface area contributed by atoms with Crippen LogP contribution in [0.3, 0.4) is 0 Å². The maximum Gasteiger partial charge on any atom is 0.318 e. The molecule has 0 radical (unpaired) electrons. The second kappa shape index (κ2) is 6.48. The van der Waals surface area contributed by atoms with Crippen molar-refractivity contribution in [1.82, 2.24) is 9.03 Å². The van der Waals surface area contributed by atoms with Crippen molar-refractivity contribution in [3.8, 4) is 0 Å². The standard InChI is InChI=1S/C11H16N2O4S/c1-2-13(9-10-6-4-3-5-7-10)18(16,17)12-8-11(14)15/h3-7,12H,2,8-9H2,1H3,(H,14,15). The number of aliphatic carboxylic acids is 1. The molecule has 0 amide bonds. The summed E-state index contributed by atoms with van der Waals surface area (Å²) in [6, 6.07) is 9.11. The van der Waals surface area contributed by atoms with Crippen LogP contribution in [0, 0.1) is 0 Å². The summed E-state index contributed by atoms with van der Waals surface area (Å²) in [4.78, 5) is 10.4. The molecule has 0 saturated heterocycles. The molecule has 1 rings (SSSR count). The van der Waals surface area contributed by atoms with E-state index >= 15 is 0 Å². The molecule has 18 heavy (non-hydrogen) atoms. The molecular weight excluding hydrogens is 256 g/mol. The van der Waals surface area contributed by atoms with Crippen molar-refractivity contribution in [2.24, 2.45) is 0 Å². The molecular formula is C11H16N2O4S. The zero-order chi connectivity index (χ0) is 13.6. The summed E-state index contributed by atoms with van der Waals surface area (Å²) in [6.07, 6.45) is 0. The van der Waals surface area contributed by atoms with E-state index in [9.17, 15) is 13.2 Å². The number of hydrogen-bond acceptors (Lipinski definition) is 3. The number of carboxylic acids is 1. The van der Waals surface area contributed by atoms with Crippen LogP contribution in [-0.2, 0) is 21.5 Å². The fourth-order valence-electron chi connectivity index (χ4n) is 1.40. The van der Waals surface area contributed by atoms with Gasteiger partial charge in [-0.3, -0.25) is 4.79 Å². The van der Waals surface area contributed by atoms with E-state index in [2.05, 4.69) is 0 Å². The van der Waals surface area contributed by atoms with Gasteiger partial charge in [-0.2, -0.15) is 17.4 Å². The normalized spacial score (nSPS) is 11.7. The lowest BCUT2D eigenvalue weighted by atomic mass is 10.2. The van der Waals surface area contributed by atoms with Crippen molar-refractivity contribution in [2.45, 2.75) is 13.5 Å². The average Bonchev–Trinajstić information content (AvgIpc) is 2.34. The van der Waals surface area contributed by atoms with Gasteiger partial charge in [0.25, 0.3) is 10.2 Å². The Balaban J connectivity index is 2.74. The molecule has 7 heteroatoms. The molecule has 0 saturated carbocycles. The van der Waals surface area contributed by atoms with Crippen LogP contribution in [0.5, 0.6) is 0 Å². The maximum atomic E-state index is 11.8. The Bertz CT molecular complexity index is 487. The SMILES string of the molecule is CCN(Cc1ccccc1)S(=O)(=O)NCC(=O)O. The van der Waals surface area contributed by atoms with E-state index in [1.165, 1.54) is 4.31 Å². The average molecular weight is 272 g/mol. The van der Waals surface area contributed by atoms with Crippen molar-refractivity contribution in [2.75, 3.05) is 13.1 Å². The quantitative estimate of drug-likeness (QED) is 0.753. The largest absolute Gasteiger partial charge is 0.480 e. The number of benzene rings is 1. The van der Waals surface area contributed by atoms with Crippen LogP contribution in [0.15, 0.2) is 30.3 Å². The molecule has 2 N–H and O–H groups in total. The van der Waals surface area contributed by atoms with Crippen LogP contribution in [0.2, 0.25) is 0 Å². The van der Waals surface area contributed by atoms with Gasteiger partial charge in [-0.15, -0.1) is 0 Å². The molecule has 1 aromatic carbocycles. The highest BCUT2D eigenvalue weighted by Crippen LogP contribution is 2.07. The monoisotopic (exact) mass is 272 g/mol. The van der Waals surface area contributed by atoms with E-state index in [1.807, 2.05) is 35.1 Å². The van der Waals surface area contributed by atoms with Gasteiger partial charge >= 0.3 is 5.97 Å². The molecule has 0 aliphatic heterocycles. The number of carbonyl (C=O) groups is 1. The van der Waals surface area contributed by atoms with Gasteiger partial charge in [0.15, 0.2) is 0 Å². The van der Waals surface area contributed by atoms with E-state index in [4.69, 9.17) is 5.11 Å². The highest BCUT2D eigenvalue weighted by molar-refractivity contribution is 7.87. The zero-order valence-electron chi connectivity index (χ0n) is 10.0. The minimum atomic E-state index is -3.76. The number of nitrogens with one attached hydrogen (secondary N) is 1. The minimum absolute atomic E-state index is 0.215. The number of rotatable bonds is 7. The van der Waals surface area contributed by atoms with Gasteiger partial charge in [-0.25, -0.2) is 0 Å². The van der Waals surface area contributed by atoms with Crippen LogP contribution < -0.4 is 4.72 Å². The minimum Gasteiger partial charge on any atom is -0.480 e. The van der Waals surface area contributed by atoms with Gasteiger partial charge in [0.2, 0.25) is 0 Å². The van der Waals surface area contributed by atoms with Crippen molar-refractivity contribution >= 4 is 16.2 Å². The first-order valence-electron chi connectivity index (χ1n) is 5.46. The number of nitrogens with zero attached hydrogens (tertiary/aromatic N) is 1. The Kier molecular flexibility index (Phi) is 5.26. The summed E-state index contributed by atoms with van der Waals surface area (Å²) in [5, 5.41) is 8.48. The van der Waals surface area contributed by atoms with E-state index in [0.717, 1.165) is 5.56 Å². The summed E-state index contributed by atoms with van der Waals surface area (Å²) in [5.41, 5.74) is 0.847. The molecule has 0 heterocycles. The van der Waals surface area contributed by atoms with Crippen LogP contribution in [-0.4, -0.2) is 36.9 Å². The number of hydrogen-bond donors (Lipinski definition) is 2. The fourth-order valence-corrected chi connectivity index (χ4v) is 2.55. The topological polar surface area (TPSA) is 86.7 Å². The molecule has 0 atom stereocenters. The summed E-state index contributed by atoms with van der Waals surface area (Å²) in [7, 11) is -3.76. The second-order valence-electron chi connectivity index (χ2n) is 3.63. The van der Waals surface area contributed by atoms with Gasteiger partial charge in [0.05, 0.1) is 0 Å². The lowest BCUT2D eigenvalue weighted by Gasteiger charge is -2.20. The van der Waals surface area contributed by atoms with Crippen molar-refractivity contribution < 1.29 is 18.3 Å². The predicted molar refractivity (Wildman–Crippen MR) is 67.1 cm³/mol. The predicted octanol–water partition coefficient (Wildman–Crippen LogP) is 0.427. The fraction of sp³-hybridized carbons (Fsp3) is 0.364. The van der Waals surface area contributed by atoms with Crippen LogP contribution in [0.25, 0.3) is 0 Å². The van der Waals surface area contributed by atoms with Crippen LogP contribution >= 0.6 is 0 Å². The third kappa shape index (κ3) is 4.44. The van der Waals surface area contributed by atoms with Crippen molar-refractivity contribution in [3.63, 3.8) is 0 Å². The first-order chi connectivity index (χ1) is 8.45. The van der Waals surface area contributed by atoms with Gasteiger partial charge in [-0.05, 0) is 5.56 Å². The summed E-state index contributed by atoms with van der Waals surface area (Å²) >= 11 is 0. The number of carboxylic acid groups (broad SMARTS) is 1. The second-order valence-corrected chi connectivity index (χ2v) is 5.39. The van der Waals surface area contributed by atoms with Gasteiger partial charge < -0.3 is 5.11 Å². The molecule has 100 valence electrons. The molecule has 1 aromatic rings. The molecule has 6 nitrogen and oxygen atoms in total. The zero-order valence-corrected chi connectivity index (χ0v) is 10.9. The van der Waals surface area contributed by atoms with Crippen molar-refractivity contribution in [1.29, 1.82) is 0 Å². The van der Waals surface area contributed by atoms with E-state index in [0.29, 0.717) is 0 Å². The molecule has 0 bridgehead atoms. The summed E-state index contributed by atoms with van der Waals surface area (Å²) in [5.74, 6) is -1.21. The van der Waals surface area contributed by atoms with E-state index in [-0.39, 0.29) is 13.1 Å². The Hall–Kier alpha value is -1.44. The van der Waals surface area contributed by atoms with E-state index < -0.39 is 22.7 Å². The lowest BCUT2D eigenvalue weighted by molar-refractivity contribution is -0.135. The Morgan fingerprint density at radius 1 is 1.33 bits per heavy atom. The highest BCUT2D eigenvalue weighted by Gasteiger charge is 2.20. The summed E-state index contributed by atoms with van der Waals surface area (Å²) in [6.45, 7) is 1.56. The molecule has 0 unspecified atom stereocenters. The Labute approximate surface area is 106 Å². The molecule has 0 aliphatic rings. The molecule has 0 aliphatic carbocycles. The van der Waals surface area contributed by atoms with Crippen molar-refractivity contribution in [3.05, 3.63) is 35.9 Å². The lowest BCUT2D eigenvalue weighted by Crippen LogP contribution is -2.42. The third-order valence-electron chi connectivity index (χ3n) is 2.30. The summed E-state index contributed by atoms with van der Waals surface area (Å²) < 4.78 is 26.9. The highest BCUT2D eigenvalue weighted by atomic mass is 32.2. The Morgan fingerprint density at radius 2 is 1.94 bits per heavy atom. The van der Waals surface area contributed by atoms with Gasteiger partial charge in [0.1, 0.15) is 6.54 Å². The Morgan fingerprint density at radius 3 is 2.44 bits per heavy atom. The third-order valence-corrected chi connectivity index (χ3v) is 3.88. The van der Waals surface area contributed by atoms with Crippen LogP contribution in [0.4, 0.5) is 0 Å². The smallest absolute Gasteiger partial charge is 0.318 e. The van der Waals surface area contributed by atoms with Gasteiger partial charge in [0, 0.05) is 13.1 Å². The molecule has 0 aromatic heterocycles. The first-order valence-corrected chi connectivity index (χ1v) is 6.90. The van der Waals surface area contributed by atoms with E-state index in [1.54, 1.807) is 6.92 Å². The molecule has 0 spiro atoms.